The molecule has 0 unspecified atom stereocenters. The summed E-state index contributed by atoms with van der Waals surface area (Å²) < 4.78 is 0. The Morgan fingerprint density at radius 1 is 1.06 bits per heavy atom. The Balaban J connectivity index is 1.81. The summed E-state index contributed by atoms with van der Waals surface area (Å²) in [6.45, 7) is 0. The summed E-state index contributed by atoms with van der Waals surface area (Å²) in [5.74, 6) is 3.35. The highest BCUT2D eigenvalue weighted by Gasteiger charge is 2.52. The van der Waals surface area contributed by atoms with Gasteiger partial charge in [0.05, 0.1) is 10.7 Å². The van der Waals surface area contributed by atoms with Crippen LogP contribution >= 0.6 is 11.6 Å². The number of aromatic nitrogens is 1. The van der Waals surface area contributed by atoms with E-state index in [-0.39, 0.29) is 5.41 Å². The van der Waals surface area contributed by atoms with E-state index in [9.17, 15) is 0 Å². The van der Waals surface area contributed by atoms with E-state index in [1.165, 1.54) is 38.5 Å². The molecule has 3 heteroatoms. The lowest BCUT2D eigenvalue weighted by atomic mass is 9.49. The molecule has 2 N–H and O–H groups in total. The van der Waals surface area contributed by atoms with Gasteiger partial charge in [0, 0.05) is 5.41 Å². The number of hydrogen-bond donors (Lipinski definition) is 1. The number of nitrogens with zero attached hydrogens (tertiary/aromatic N) is 1. The molecule has 1 heterocycles. The van der Waals surface area contributed by atoms with Crippen molar-refractivity contribution < 1.29 is 0 Å². The molecule has 4 saturated carbocycles. The highest BCUT2D eigenvalue weighted by Crippen LogP contribution is 2.61. The van der Waals surface area contributed by atoms with Gasteiger partial charge in [-0.1, -0.05) is 11.6 Å². The average Bonchev–Trinajstić information content (AvgIpc) is 2.30. The molecule has 0 saturated heterocycles. The topological polar surface area (TPSA) is 38.9 Å². The summed E-state index contributed by atoms with van der Waals surface area (Å²) >= 11 is 6.41. The molecular formula is C15H19ClN2. The summed E-state index contributed by atoms with van der Waals surface area (Å²) in [6, 6.07) is 3.74. The quantitative estimate of drug-likeness (QED) is 0.836. The zero-order valence-electron chi connectivity index (χ0n) is 10.5. The Bertz CT molecular complexity index is 462. The van der Waals surface area contributed by atoms with Crippen LogP contribution < -0.4 is 5.73 Å². The van der Waals surface area contributed by atoms with Gasteiger partial charge in [0.15, 0.2) is 0 Å². The van der Waals surface area contributed by atoms with Crippen molar-refractivity contribution in [3.8, 4) is 0 Å². The third kappa shape index (κ3) is 1.51. The fourth-order valence-electron chi connectivity index (χ4n) is 5.23. The van der Waals surface area contributed by atoms with Crippen LogP contribution in [0, 0.1) is 17.8 Å². The molecule has 4 aliphatic rings. The zero-order valence-corrected chi connectivity index (χ0v) is 11.3. The van der Waals surface area contributed by atoms with Crippen molar-refractivity contribution in [3.05, 3.63) is 22.8 Å². The monoisotopic (exact) mass is 262 g/mol. The van der Waals surface area contributed by atoms with E-state index in [0.717, 1.165) is 28.5 Å². The predicted octanol–water partition coefficient (Wildman–Crippen LogP) is 3.79. The van der Waals surface area contributed by atoms with Gasteiger partial charge in [-0.05, 0) is 68.4 Å². The van der Waals surface area contributed by atoms with E-state index < -0.39 is 0 Å². The van der Waals surface area contributed by atoms with E-state index in [4.69, 9.17) is 17.3 Å². The second kappa shape index (κ2) is 3.63. The van der Waals surface area contributed by atoms with Gasteiger partial charge in [0.2, 0.25) is 0 Å². The van der Waals surface area contributed by atoms with E-state index in [0.29, 0.717) is 5.82 Å². The van der Waals surface area contributed by atoms with Crippen molar-refractivity contribution in [1.82, 2.24) is 4.98 Å². The van der Waals surface area contributed by atoms with E-state index in [2.05, 4.69) is 4.98 Å². The van der Waals surface area contributed by atoms with Gasteiger partial charge in [-0.2, -0.15) is 0 Å². The molecule has 1 aromatic rings. The lowest BCUT2D eigenvalue weighted by Crippen LogP contribution is -2.49. The number of halogens is 1. The molecule has 0 aromatic carbocycles. The molecule has 4 bridgehead atoms. The van der Waals surface area contributed by atoms with Crippen molar-refractivity contribution in [2.75, 3.05) is 5.73 Å². The molecule has 96 valence electrons. The van der Waals surface area contributed by atoms with Gasteiger partial charge < -0.3 is 5.73 Å². The van der Waals surface area contributed by atoms with Crippen molar-refractivity contribution in [1.29, 1.82) is 0 Å². The maximum Gasteiger partial charge on any atom is 0.123 e. The second-order valence-electron chi connectivity index (χ2n) is 6.76. The van der Waals surface area contributed by atoms with Crippen LogP contribution in [0.2, 0.25) is 5.02 Å². The fraction of sp³-hybridized carbons (Fsp3) is 0.667. The number of pyridine rings is 1. The second-order valence-corrected chi connectivity index (χ2v) is 7.17. The lowest BCUT2D eigenvalue weighted by molar-refractivity contribution is -0.00708. The zero-order chi connectivity index (χ0) is 12.3. The Morgan fingerprint density at radius 2 is 1.61 bits per heavy atom. The molecular weight excluding hydrogens is 244 g/mol. The van der Waals surface area contributed by atoms with Gasteiger partial charge in [-0.3, -0.25) is 0 Å². The molecule has 0 atom stereocenters. The molecule has 0 radical (unpaired) electrons. The maximum atomic E-state index is 6.41. The van der Waals surface area contributed by atoms with Crippen molar-refractivity contribution in [2.24, 2.45) is 17.8 Å². The van der Waals surface area contributed by atoms with Crippen molar-refractivity contribution in [3.63, 3.8) is 0 Å². The standard InChI is InChI=1S/C15H19ClN2/c16-12-1-2-13(17)18-14(12)15-6-9-3-10(7-15)5-11(4-9)8-15/h1-2,9-11H,3-8H2,(H2,17,18). The van der Waals surface area contributed by atoms with Gasteiger partial charge >= 0.3 is 0 Å². The molecule has 1 aromatic heterocycles. The Morgan fingerprint density at radius 3 is 2.17 bits per heavy atom. The third-order valence-electron chi connectivity index (χ3n) is 5.41. The summed E-state index contributed by atoms with van der Waals surface area (Å²) in [5.41, 5.74) is 7.23. The van der Waals surface area contributed by atoms with E-state index in [1.54, 1.807) is 0 Å². The SMILES string of the molecule is Nc1ccc(Cl)c(C23CC4CC(CC(C4)C2)C3)n1. The molecule has 0 amide bonds. The first-order chi connectivity index (χ1) is 8.64. The van der Waals surface area contributed by atoms with Gasteiger partial charge in [0.25, 0.3) is 0 Å². The maximum absolute atomic E-state index is 6.41. The van der Waals surface area contributed by atoms with Crippen LogP contribution in [0.5, 0.6) is 0 Å². The van der Waals surface area contributed by atoms with Crippen LogP contribution in [0.1, 0.15) is 44.2 Å². The lowest BCUT2D eigenvalue weighted by Gasteiger charge is -2.56. The first kappa shape index (κ1) is 11.1. The van der Waals surface area contributed by atoms with Gasteiger partial charge in [0.1, 0.15) is 5.82 Å². The summed E-state index contributed by atoms with van der Waals surface area (Å²) in [5, 5.41) is 0.825. The van der Waals surface area contributed by atoms with Gasteiger partial charge in [-0.15, -0.1) is 0 Å². The Labute approximate surface area is 113 Å². The minimum absolute atomic E-state index is 0.251. The highest BCUT2D eigenvalue weighted by atomic mass is 35.5. The van der Waals surface area contributed by atoms with Crippen LogP contribution in [0.25, 0.3) is 0 Å². The van der Waals surface area contributed by atoms with Gasteiger partial charge in [-0.25, -0.2) is 4.98 Å². The number of hydrogen-bond acceptors (Lipinski definition) is 2. The van der Waals surface area contributed by atoms with Crippen LogP contribution in [0.3, 0.4) is 0 Å². The number of anilines is 1. The molecule has 5 rings (SSSR count). The largest absolute Gasteiger partial charge is 0.384 e. The third-order valence-corrected chi connectivity index (χ3v) is 5.71. The summed E-state index contributed by atoms with van der Waals surface area (Å²) in [7, 11) is 0. The fourth-order valence-corrected chi connectivity index (χ4v) is 5.54. The predicted molar refractivity (Wildman–Crippen MR) is 73.5 cm³/mol. The smallest absolute Gasteiger partial charge is 0.123 e. The van der Waals surface area contributed by atoms with Crippen LogP contribution in [-0.4, -0.2) is 4.98 Å². The Hall–Kier alpha value is -0.760. The minimum atomic E-state index is 0.251. The molecule has 18 heavy (non-hydrogen) atoms. The molecule has 4 aliphatic carbocycles. The number of rotatable bonds is 1. The first-order valence-electron chi connectivity index (χ1n) is 7.07. The van der Waals surface area contributed by atoms with Crippen LogP contribution in [0.4, 0.5) is 5.82 Å². The summed E-state index contributed by atoms with van der Waals surface area (Å²) in [4.78, 5) is 4.61. The minimum Gasteiger partial charge on any atom is -0.384 e. The van der Waals surface area contributed by atoms with Crippen LogP contribution in [-0.2, 0) is 5.41 Å². The summed E-state index contributed by atoms with van der Waals surface area (Å²) in [6.07, 6.45) is 8.19. The molecule has 4 fully saturated rings. The van der Waals surface area contributed by atoms with Crippen molar-refractivity contribution in [2.45, 2.75) is 43.9 Å². The molecule has 0 aliphatic heterocycles. The average molecular weight is 263 g/mol. The molecule has 0 spiro atoms. The van der Waals surface area contributed by atoms with E-state index in [1.807, 2.05) is 12.1 Å². The first-order valence-corrected chi connectivity index (χ1v) is 7.45. The highest BCUT2D eigenvalue weighted by molar-refractivity contribution is 6.31. The molecule has 2 nitrogen and oxygen atoms in total. The normalized spacial score (nSPS) is 41.3. The number of nitrogen functional groups attached to an aromatic ring is 1. The number of nitrogens with two attached hydrogens (primary N) is 1. The Kier molecular flexibility index (Phi) is 2.24. The van der Waals surface area contributed by atoms with E-state index >= 15 is 0 Å². The van der Waals surface area contributed by atoms with Crippen LogP contribution in [0.15, 0.2) is 12.1 Å². The van der Waals surface area contributed by atoms with Crippen molar-refractivity contribution >= 4 is 17.4 Å².